The maximum Gasteiger partial charge on any atom is 0.321 e. The SMILES string of the molecule is O=C(CNS(=O)(=O)c1ccc(Cl)cc1)OCc1ccc([N+](=O)[O-])cc1. The molecule has 0 unspecified atom stereocenters. The number of nitro groups is 1. The Bertz CT molecular complexity index is 866. The number of halogens is 1. The average Bonchev–Trinajstić information content (AvgIpc) is 2.59. The van der Waals surface area contributed by atoms with Crippen molar-refractivity contribution in [3.8, 4) is 0 Å². The van der Waals surface area contributed by atoms with Crippen molar-refractivity contribution in [2.24, 2.45) is 0 Å². The Labute approximate surface area is 148 Å². The fraction of sp³-hybridized carbons (Fsp3) is 0.133. The number of sulfonamides is 1. The molecule has 0 radical (unpaired) electrons. The van der Waals surface area contributed by atoms with Crippen LogP contribution in [0.25, 0.3) is 0 Å². The van der Waals surface area contributed by atoms with Crippen LogP contribution in [0.2, 0.25) is 5.02 Å². The number of nitro benzene ring substituents is 1. The first kappa shape index (κ1) is 18.8. The van der Waals surface area contributed by atoms with E-state index in [-0.39, 0.29) is 17.2 Å². The second-order valence-electron chi connectivity index (χ2n) is 4.86. The lowest BCUT2D eigenvalue weighted by Crippen LogP contribution is -2.30. The van der Waals surface area contributed by atoms with Crippen LogP contribution in [0.5, 0.6) is 0 Å². The first-order chi connectivity index (χ1) is 11.8. The predicted molar refractivity (Wildman–Crippen MR) is 89.5 cm³/mol. The number of benzene rings is 2. The monoisotopic (exact) mass is 384 g/mol. The number of carbonyl (C=O) groups is 1. The Morgan fingerprint density at radius 2 is 1.72 bits per heavy atom. The van der Waals surface area contributed by atoms with Crippen LogP contribution in [-0.2, 0) is 26.2 Å². The van der Waals surface area contributed by atoms with Crippen molar-refractivity contribution in [1.82, 2.24) is 4.72 Å². The van der Waals surface area contributed by atoms with Gasteiger partial charge in [0.15, 0.2) is 0 Å². The first-order valence-corrected chi connectivity index (χ1v) is 8.78. The standard InChI is InChI=1S/C15H13ClN2O6S/c16-12-3-7-14(8-4-12)25(22,23)17-9-15(19)24-10-11-1-5-13(6-2-11)18(20)21/h1-8,17H,9-10H2. The van der Waals surface area contributed by atoms with E-state index in [0.717, 1.165) is 0 Å². The number of esters is 1. The third-order valence-corrected chi connectivity index (χ3v) is 4.75. The van der Waals surface area contributed by atoms with Gasteiger partial charge in [-0.1, -0.05) is 11.6 Å². The van der Waals surface area contributed by atoms with Gasteiger partial charge < -0.3 is 4.74 Å². The molecule has 10 heteroatoms. The van der Waals surface area contributed by atoms with Gasteiger partial charge in [0.1, 0.15) is 13.2 Å². The van der Waals surface area contributed by atoms with Crippen LogP contribution in [0.4, 0.5) is 5.69 Å². The molecular formula is C15H13ClN2O6S. The molecule has 0 aliphatic heterocycles. The number of ether oxygens (including phenoxy) is 1. The molecular weight excluding hydrogens is 372 g/mol. The number of non-ortho nitro benzene ring substituents is 1. The fourth-order valence-electron chi connectivity index (χ4n) is 1.78. The van der Waals surface area contributed by atoms with E-state index in [1.807, 2.05) is 0 Å². The second kappa shape index (κ2) is 8.06. The van der Waals surface area contributed by atoms with Crippen LogP contribution >= 0.6 is 11.6 Å². The van der Waals surface area contributed by atoms with E-state index in [4.69, 9.17) is 16.3 Å². The van der Waals surface area contributed by atoms with Gasteiger partial charge in [0.05, 0.1) is 9.82 Å². The highest BCUT2D eigenvalue weighted by Gasteiger charge is 2.16. The van der Waals surface area contributed by atoms with Crippen molar-refractivity contribution in [3.05, 3.63) is 69.2 Å². The van der Waals surface area contributed by atoms with Gasteiger partial charge >= 0.3 is 5.97 Å². The van der Waals surface area contributed by atoms with E-state index in [2.05, 4.69) is 4.72 Å². The van der Waals surface area contributed by atoms with Crippen LogP contribution in [0, 0.1) is 10.1 Å². The van der Waals surface area contributed by atoms with E-state index in [0.29, 0.717) is 10.6 Å². The molecule has 0 aromatic heterocycles. The molecule has 0 fully saturated rings. The first-order valence-electron chi connectivity index (χ1n) is 6.92. The van der Waals surface area contributed by atoms with E-state index in [1.165, 1.54) is 48.5 Å². The molecule has 0 saturated carbocycles. The maximum atomic E-state index is 12.0. The van der Waals surface area contributed by atoms with E-state index in [9.17, 15) is 23.3 Å². The molecule has 0 amide bonds. The summed E-state index contributed by atoms with van der Waals surface area (Å²) in [4.78, 5) is 21.6. The van der Waals surface area contributed by atoms with Crippen LogP contribution in [0.3, 0.4) is 0 Å². The summed E-state index contributed by atoms with van der Waals surface area (Å²) in [5.41, 5.74) is 0.463. The molecule has 1 N–H and O–H groups in total. The lowest BCUT2D eigenvalue weighted by atomic mass is 10.2. The number of rotatable bonds is 7. The Morgan fingerprint density at radius 3 is 2.28 bits per heavy atom. The minimum atomic E-state index is -3.85. The van der Waals surface area contributed by atoms with E-state index in [1.54, 1.807) is 0 Å². The van der Waals surface area contributed by atoms with Crippen molar-refractivity contribution < 1.29 is 22.9 Å². The molecule has 0 spiro atoms. The van der Waals surface area contributed by atoms with E-state index >= 15 is 0 Å². The average molecular weight is 385 g/mol. The summed E-state index contributed by atoms with van der Waals surface area (Å²) >= 11 is 5.69. The third-order valence-electron chi connectivity index (χ3n) is 3.08. The Kier molecular flexibility index (Phi) is 6.07. The maximum absolute atomic E-state index is 12.0. The molecule has 132 valence electrons. The number of nitrogens with zero attached hydrogens (tertiary/aromatic N) is 1. The van der Waals surface area contributed by atoms with Gasteiger partial charge in [-0.3, -0.25) is 14.9 Å². The Hall–Kier alpha value is -2.49. The molecule has 0 aliphatic carbocycles. The zero-order valence-corrected chi connectivity index (χ0v) is 14.3. The molecule has 0 saturated heterocycles. The number of hydrogen-bond donors (Lipinski definition) is 1. The summed E-state index contributed by atoms with van der Waals surface area (Å²) in [6, 6.07) is 10.9. The molecule has 2 aromatic rings. The quantitative estimate of drug-likeness (QED) is 0.444. The van der Waals surface area contributed by atoms with Gasteiger partial charge in [-0.25, -0.2) is 8.42 Å². The van der Waals surface area contributed by atoms with Crippen LogP contribution in [0.1, 0.15) is 5.56 Å². The zero-order chi connectivity index (χ0) is 18.4. The molecule has 0 atom stereocenters. The van der Waals surface area contributed by atoms with Gasteiger partial charge in [0.25, 0.3) is 5.69 Å². The Morgan fingerprint density at radius 1 is 1.12 bits per heavy atom. The number of nitrogens with one attached hydrogen (secondary N) is 1. The minimum absolute atomic E-state index is 0.0277. The summed E-state index contributed by atoms with van der Waals surface area (Å²) < 4.78 is 31.0. The van der Waals surface area contributed by atoms with Crippen molar-refractivity contribution >= 4 is 33.3 Å². The molecule has 2 rings (SSSR count). The number of hydrogen-bond acceptors (Lipinski definition) is 6. The summed E-state index contributed by atoms with van der Waals surface area (Å²) in [6.45, 7) is -0.669. The minimum Gasteiger partial charge on any atom is -0.460 e. The lowest BCUT2D eigenvalue weighted by molar-refractivity contribution is -0.384. The van der Waals surface area contributed by atoms with Crippen molar-refractivity contribution in [1.29, 1.82) is 0 Å². The summed E-state index contributed by atoms with van der Waals surface area (Å²) in [5, 5.41) is 10.9. The molecule has 2 aromatic carbocycles. The van der Waals surface area contributed by atoms with Gasteiger partial charge in [0.2, 0.25) is 10.0 Å². The van der Waals surface area contributed by atoms with Crippen molar-refractivity contribution in [2.75, 3.05) is 6.54 Å². The van der Waals surface area contributed by atoms with Crippen LogP contribution in [-0.4, -0.2) is 25.9 Å². The second-order valence-corrected chi connectivity index (χ2v) is 7.07. The van der Waals surface area contributed by atoms with Crippen LogP contribution in [0.15, 0.2) is 53.4 Å². The summed E-state index contributed by atoms with van der Waals surface area (Å²) in [5.74, 6) is -0.782. The molecule has 0 heterocycles. The Balaban J connectivity index is 1.85. The predicted octanol–water partition coefficient (Wildman–Crippen LogP) is 2.27. The van der Waals surface area contributed by atoms with Crippen molar-refractivity contribution in [2.45, 2.75) is 11.5 Å². The largest absolute Gasteiger partial charge is 0.460 e. The zero-order valence-electron chi connectivity index (χ0n) is 12.7. The highest BCUT2D eigenvalue weighted by atomic mass is 35.5. The number of carbonyl (C=O) groups excluding carboxylic acids is 1. The molecule has 8 nitrogen and oxygen atoms in total. The summed E-state index contributed by atoms with van der Waals surface area (Å²) in [6.07, 6.45) is 0. The van der Waals surface area contributed by atoms with Crippen LogP contribution < -0.4 is 4.72 Å². The van der Waals surface area contributed by atoms with E-state index < -0.39 is 27.5 Å². The molecule has 0 bridgehead atoms. The highest BCUT2D eigenvalue weighted by molar-refractivity contribution is 7.89. The molecule has 25 heavy (non-hydrogen) atoms. The van der Waals surface area contributed by atoms with Gasteiger partial charge in [0, 0.05) is 17.2 Å². The molecule has 0 aliphatic rings. The van der Waals surface area contributed by atoms with Gasteiger partial charge in [-0.05, 0) is 42.0 Å². The van der Waals surface area contributed by atoms with Gasteiger partial charge in [-0.2, -0.15) is 4.72 Å². The smallest absolute Gasteiger partial charge is 0.321 e. The topological polar surface area (TPSA) is 116 Å². The summed E-state index contributed by atoms with van der Waals surface area (Å²) in [7, 11) is -3.85. The lowest BCUT2D eigenvalue weighted by Gasteiger charge is -2.07. The van der Waals surface area contributed by atoms with Gasteiger partial charge in [-0.15, -0.1) is 0 Å². The fourth-order valence-corrected chi connectivity index (χ4v) is 2.87. The van der Waals surface area contributed by atoms with Crippen molar-refractivity contribution in [3.63, 3.8) is 0 Å². The highest BCUT2D eigenvalue weighted by Crippen LogP contribution is 2.14. The third kappa shape index (κ3) is 5.52. The normalized spacial score (nSPS) is 11.1.